The van der Waals surface area contributed by atoms with Gasteiger partial charge in [0.05, 0.1) is 19.3 Å². The van der Waals surface area contributed by atoms with E-state index in [9.17, 15) is 9.90 Å². The minimum atomic E-state index is -0.388. The Kier molecular flexibility index (Phi) is 2.88. The molecule has 3 nitrogen and oxygen atoms in total. The zero-order valence-corrected chi connectivity index (χ0v) is 8.93. The van der Waals surface area contributed by atoms with Crippen LogP contribution < -0.4 is 0 Å². The van der Waals surface area contributed by atoms with Gasteiger partial charge < -0.3 is 9.84 Å². The monoisotopic (exact) mass is 216 g/mol. The molecule has 0 aliphatic rings. The lowest BCUT2D eigenvalue weighted by molar-refractivity contribution is 0.0600. The normalized spacial score (nSPS) is 10.4. The quantitative estimate of drug-likeness (QED) is 0.782. The maximum Gasteiger partial charge on any atom is 0.337 e. The molecule has 82 valence electrons. The summed E-state index contributed by atoms with van der Waals surface area (Å²) in [7, 11) is 1.34. The number of hydrogen-bond donors (Lipinski definition) is 1. The first-order chi connectivity index (χ1) is 7.76. The number of ether oxygens (including phenoxy) is 1. The third-order valence-corrected chi connectivity index (χ3v) is 2.54. The topological polar surface area (TPSA) is 46.5 Å². The highest BCUT2D eigenvalue weighted by Crippen LogP contribution is 2.21. The van der Waals surface area contributed by atoms with Gasteiger partial charge in [-0.15, -0.1) is 0 Å². The van der Waals surface area contributed by atoms with Crippen molar-refractivity contribution in [1.29, 1.82) is 0 Å². The van der Waals surface area contributed by atoms with Crippen molar-refractivity contribution in [3.05, 3.63) is 47.5 Å². The third kappa shape index (κ3) is 1.77. The van der Waals surface area contributed by atoms with Crippen molar-refractivity contribution in [3.8, 4) is 0 Å². The van der Waals surface area contributed by atoms with Gasteiger partial charge in [0.1, 0.15) is 0 Å². The maximum atomic E-state index is 11.4. The fraction of sp³-hybridized carbons (Fsp3) is 0.154. The standard InChI is InChI=1S/C13H12O3/c1-16-13(15)10-6-9-4-2-3-5-12(9)11(7-10)8-14/h2-7,14H,8H2,1H3. The SMILES string of the molecule is COC(=O)c1cc(CO)c2ccccc2c1. The summed E-state index contributed by atoms with van der Waals surface area (Å²) >= 11 is 0. The van der Waals surface area contributed by atoms with Gasteiger partial charge in [-0.2, -0.15) is 0 Å². The summed E-state index contributed by atoms with van der Waals surface area (Å²) in [6.45, 7) is -0.0919. The smallest absolute Gasteiger partial charge is 0.337 e. The van der Waals surface area contributed by atoms with Crippen LogP contribution in [0.4, 0.5) is 0 Å². The highest BCUT2D eigenvalue weighted by atomic mass is 16.5. The Labute approximate surface area is 93.3 Å². The molecule has 0 aromatic heterocycles. The van der Waals surface area contributed by atoms with Crippen molar-refractivity contribution in [2.75, 3.05) is 7.11 Å². The first kappa shape index (κ1) is 10.6. The van der Waals surface area contributed by atoms with Crippen molar-refractivity contribution in [1.82, 2.24) is 0 Å². The molecule has 0 fully saturated rings. The van der Waals surface area contributed by atoms with Crippen molar-refractivity contribution in [2.24, 2.45) is 0 Å². The number of carbonyl (C=O) groups excluding carboxylic acids is 1. The van der Waals surface area contributed by atoms with Gasteiger partial charge in [0.15, 0.2) is 0 Å². The van der Waals surface area contributed by atoms with E-state index in [1.54, 1.807) is 12.1 Å². The number of benzene rings is 2. The zero-order chi connectivity index (χ0) is 11.5. The molecule has 0 radical (unpaired) electrons. The molecule has 0 atom stereocenters. The Morgan fingerprint density at radius 3 is 2.75 bits per heavy atom. The largest absolute Gasteiger partial charge is 0.465 e. The second-order valence-electron chi connectivity index (χ2n) is 3.51. The lowest BCUT2D eigenvalue weighted by Gasteiger charge is -2.07. The summed E-state index contributed by atoms with van der Waals surface area (Å²) in [5.74, 6) is -0.388. The van der Waals surface area contributed by atoms with Crippen LogP contribution in [0.15, 0.2) is 36.4 Å². The first-order valence-corrected chi connectivity index (χ1v) is 4.97. The summed E-state index contributed by atoms with van der Waals surface area (Å²) in [6.07, 6.45) is 0. The molecule has 0 aliphatic heterocycles. The van der Waals surface area contributed by atoms with Crippen LogP contribution in [-0.2, 0) is 11.3 Å². The molecule has 0 saturated carbocycles. The van der Waals surface area contributed by atoms with Gasteiger partial charge in [0.25, 0.3) is 0 Å². The average molecular weight is 216 g/mol. The van der Waals surface area contributed by atoms with Crippen LogP contribution in [0.3, 0.4) is 0 Å². The fourth-order valence-corrected chi connectivity index (χ4v) is 1.76. The molecule has 0 amide bonds. The number of esters is 1. The number of aliphatic hydroxyl groups is 1. The van der Waals surface area contributed by atoms with Crippen LogP contribution in [0.5, 0.6) is 0 Å². The number of hydrogen-bond acceptors (Lipinski definition) is 3. The molecule has 16 heavy (non-hydrogen) atoms. The number of methoxy groups -OCH3 is 1. The maximum absolute atomic E-state index is 11.4. The van der Waals surface area contributed by atoms with E-state index in [-0.39, 0.29) is 12.6 Å². The molecule has 0 unspecified atom stereocenters. The number of fused-ring (bicyclic) bond motifs is 1. The number of carbonyl (C=O) groups is 1. The molecule has 3 heteroatoms. The third-order valence-electron chi connectivity index (χ3n) is 2.54. The molecule has 2 rings (SSSR count). The van der Waals surface area contributed by atoms with Crippen LogP contribution in [0.1, 0.15) is 15.9 Å². The fourth-order valence-electron chi connectivity index (χ4n) is 1.76. The van der Waals surface area contributed by atoms with E-state index in [2.05, 4.69) is 4.74 Å². The molecular weight excluding hydrogens is 204 g/mol. The van der Waals surface area contributed by atoms with Gasteiger partial charge in [0.2, 0.25) is 0 Å². The summed E-state index contributed by atoms with van der Waals surface area (Å²) < 4.78 is 4.66. The van der Waals surface area contributed by atoms with Gasteiger partial charge in [0, 0.05) is 0 Å². The Bertz CT molecular complexity index is 532. The van der Waals surface area contributed by atoms with Crippen LogP contribution in [0, 0.1) is 0 Å². The molecule has 0 saturated heterocycles. The predicted molar refractivity (Wildman–Crippen MR) is 61.2 cm³/mol. The Balaban J connectivity index is 2.68. The summed E-state index contributed by atoms with van der Waals surface area (Å²) in [5, 5.41) is 11.1. The minimum absolute atomic E-state index is 0.0919. The Morgan fingerprint density at radius 2 is 2.06 bits per heavy atom. The summed E-state index contributed by atoms with van der Waals surface area (Å²) in [6, 6.07) is 11.0. The molecule has 0 heterocycles. The predicted octanol–water partition coefficient (Wildman–Crippen LogP) is 2.12. The lowest BCUT2D eigenvalue weighted by atomic mass is 10.0. The van der Waals surface area contributed by atoms with E-state index < -0.39 is 0 Å². The van der Waals surface area contributed by atoms with Crippen LogP contribution >= 0.6 is 0 Å². The second-order valence-corrected chi connectivity index (χ2v) is 3.51. The van der Waals surface area contributed by atoms with Gasteiger partial charge in [-0.1, -0.05) is 24.3 Å². The van der Waals surface area contributed by atoms with Crippen LogP contribution in [0.2, 0.25) is 0 Å². The average Bonchev–Trinajstić information content (AvgIpc) is 2.36. The van der Waals surface area contributed by atoms with E-state index in [0.29, 0.717) is 5.56 Å². The van der Waals surface area contributed by atoms with Gasteiger partial charge in [-0.05, 0) is 28.5 Å². The first-order valence-electron chi connectivity index (χ1n) is 4.97. The molecular formula is C13H12O3. The van der Waals surface area contributed by atoms with Crippen molar-refractivity contribution >= 4 is 16.7 Å². The lowest BCUT2D eigenvalue weighted by Crippen LogP contribution is -2.02. The van der Waals surface area contributed by atoms with Gasteiger partial charge >= 0.3 is 5.97 Å². The van der Waals surface area contributed by atoms with E-state index in [1.807, 2.05) is 24.3 Å². The summed E-state index contributed by atoms with van der Waals surface area (Å²) in [4.78, 5) is 11.4. The van der Waals surface area contributed by atoms with Crippen molar-refractivity contribution < 1.29 is 14.6 Å². The number of aliphatic hydroxyl groups excluding tert-OH is 1. The van der Waals surface area contributed by atoms with Gasteiger partial charge in [-0.25, -0.2) is 4.79 Å². The summed E-state index contributed by atoms with van der Waals surface area (Å²) in [5.41, 5.74) is 1.20. The number of rotatable bonds is 2. The van der Waals surface area contributed by atoms with Crippen LogP contribution in [0.25, 0.3) is 10.8 Å². The molecule has 0 bridgehead atoms. The van der Waals surface area contributed by atoms with E-state index in [4.69, 9.17) is 0 Å². The second kappa shape index (κ2) is 4.33. The van der Waals surface area contributed by atoms with E-state index >= 15 is 0 Å². The van der Waals surface area contributed by atoms with E-state index in [0.717, 1.165) is 16.3 Å². The minimum Gasteiger partial charge on any atom is -0.465 e. The molecule has 2 aromatic carbocycles. The molecule has 2 aromatic rings. The Morgan fingerprint density at radius 1 is 1.31 bits per heavy atom. The van der Waals surface area contributed by atoms with Crippen LogP contribution in [-0.4, -0.2) is 18.2 Å². The highest BCUT2D eigenvalue weighted by molar-refractivity contribution is 5.96. The van der Waals surface area contributed by atoms with Gasteiger partial charge in [-0.3, -0.25) is 0 Å². The molecule has 0 aliphatic carbocycles. The molecule has 0 spiro atoms. The molecule has 1 N–H and O–H groups in total. The van der Waals surface area contributed by atoms with E-state index in [1.165, 1.54) is 7.11 Å². The zero-order valence-electron chi connectivity index (χ0n) is 8.93. The highest BCUT2D eigenvalue weighted by Gasteiger charge is 2.09. The van der Waals surface area contributed by atoms with Crippen molar-refractivity contribution in [2.45, 2.75) is 6.61 Å². The Hall–Kier alpha value is -1.87. The van der Waals surface area contributed by atoms with Crippen molar-refractivity contribution in [3.63, 3.8) is 0 Å².